The first kappa shape index (κ1) is 24.3. The van der Waals surface area contributed by atoms with Crippen LogP contribution < -0.4 is 15.4 Å². The van der Waals surface area contributed by atoms with Crippen LogP contribution in [0.1, 0.15) is 40.8 Å². The normalized spacial score (nSPS) is 13.2. The summed E-state index contributed by atoms with van der Waals surface area (Å²) in [4.78, 5) is 16.9. The van der Waals surface area contributed by atoms with Crippen LogP contribution in [0.3, 0.4) is 0 Å². The molecule has 5 nitrogen and oxygen atoms in total. The number of hydrogen-bond acceptors (Lipinski definition) is 4. The third-order valence-corrected chi connectivity index (χ3v) is 5.37. The van der Waals surface area contributed by atoms with Crippen LogP contribution in [0.15, 0.2) is 72.8 Å². The number of nitrogens with zero attached hydrogens (tertiary/aromatic N) is 1. The Labute approximate surface area is 191 Å². The highest BCUT2D eigenvalue weighted by atomic mass is 19.4. The number of aromatic nitrogens is 1. The van der Waals surface area contributed by atoms with Gasteiger partial charge in [-0.3, -0.25) is 4.79 Å². The number of ether oxygens (including phenoxy) is 1. The summed E-state index contributed by atoms with van der Waals surface area (Å²) in [5.74, 6) is -0.0485. The largest absolute Gasteiger partial charge is 0.481 e. The van der Waals surface area contributed by atoms with Gasteiger partial charge in [-0.1, -0.05) is 48.5 Å². The Balaban J connectivity index is 1.84. The number of alkyl halides is 3. The molecular formula is C25H26F3N3O2. The number of likely N-dealkylation sites (N-methyl/N-ethyl adjacent to an activating group) is 1. The van der Waals surface area contributed by atoms with Crippen molar-refractivity contribution in [1.29, 1.82) is 0 Å². The molecule has 0 fully saturated rings. The van der Waals surface area contributed by atoms with Gasteiger partial charge in [0, 0.05) is 19.0 Å². The molecule has 1 aromatic heterocycles. The zero-order valence-corrected chi connectivity index (χ0v) is 18.4. The summed E-state index contributed by atoms with van der Waals surface area (Å²) in [6.07, 6.45) is -3.90. The molecule has 174 valence electrons. The molecule has 3 aromatic rings. The molecule has 8 heteroatoms. The second-order valence-corrected chi connectivity index (χ2v) is 7.48. The summed E-state index contributed by atoms with van der Waals surface area (Å²) < 4.78 is 44.3. The van der Waals surface area contributed by atoms with Gasteiger partial charge in [0.1, 0.15) is 6.04 Å². The van der Waals surface area contributed by atoms with Crippen LogP contribution in [0.4, 0.5) is 13.2 Å². The van der Waals surface area contributed by atoms with Crippen LogP contribution in [0.2, 0.25) is 0 Å². The number of pyridine rings is 1. The van der Waals surface area contributed by atoms with E-state index >= 15 is 0 Å². The van der Waals surface area contributed by atoms with Crippen molar-refractivity contribution in [2.24, 2.45) is 0 Å². The molecular weight excluding hydrogens is 431 g/mol. The van der Waals surface area contributed by atoms with Crippen molar-refractivity contribution in [2.75, 3.05) is 20.7 Å². The summed E-state index contributed by atoms with van der Waals surface area (Å²) in [5, 5.41) is 5.93. The van der Waals surface area contributed by atoms with Gasteiger partial charge in [0.15, 0.2) is 0 Å². The number of benzene rings is 2. The SMILES string of the molecule is CNC(=O)C(NCC[C@@H](c1ccc(C(F)(F)F)cc1)c1cccc(OC)n1)c1ccccc1. The maximum absolute atomic E-state index is 13.0. The summed E-state index contributed by atoms with van der Waals surface area (Å²) in [7, 11) is 3.08. The van der Waals surface area contributed by atoms with Crippen LogP contribution in [0.25, 0.3) is 0 Å². The van der Waals surface area contributed by atoms with E-state index in [-0.39, 0.29) is 11.8 Å². The molecule has 0 saturated carbocycles. The minimum Gasteiger partial charge on any atom is -0.481 e. The fourth-order valence-electron chi connectivity index (χ4n) is 3.65. The Morgan fingerprint density at radius 3 is 2.27 bits per heavy atom. The van der Waals surface area contributed by atoms with E-state index in [0.717, 1.165) is 17.7 Å². The van der Waals surface area contributed by atoms with Crippen LogP contribution in [0, 0.1) is 0 Å². The van der Waals surface area contributed by atoms with Crippen molar-refractivity contribution < 1.29 is 22.7 Å². The number of carbonyl (C=O) groups excluding carboxylic acids is 1. The van der Waals surface area contributed by atoms with Crippen LogP contribution >= 0.6 is 0 Å². The topological polar surface area (TPSA) is 63.2 Å². The minimum absolute atomic E-state index is 0.174. The molecule has 0 spiro atoms. The smallest absolute Gasteiger partial charge is 0.416 e. The fourth-order valence-corrected chi connectivity index (χ4v) is 3.65. The maximum atomic E-state index is 13.0. The highest BCUT2D eigenvalue weighted by molar-refractivity contribution is 5.82. The van der Waals surface area contributed by atoms with E-state index in [0.29, 0.717) is 30.1 Å². The highest BCUT2D eigenvalue weighted by Gasteiger charge is 2.30. The average molecular weight is 457 g/mol. The molecule has 0 aliphatic rings. The molecule has 33 heavy (non-hydrogen) atoms. The van der Waals surface area contributed by atoms with Gasteiger partial charge in [0.2, 0.25) is 11.8 Å². The van der Waals surface area contributed by atoms with Crippen molar-refractivity contribution in [3.8, 4) is 5.88 Å². The second-order valence-electron chi connectivity index (χ2n) is 7.48. The lowest BCUT2D eigenvalue weighted by Crippen LogP contribution is -2.36. The molecule has 2 aromatic carbocycles. The van der Waals surface area contributed by atoms with Gasteiger partial charge < -0.3 is 15.4 Å². The Morgan fingerprint density at radius 1 is 0.970 bits per heavy atom. The van der Waals surface area contributed by atoms with Gasteiger partial charge in [-0.15, -0.1) is 0 Å². The third kappa shape index (κ3) is 6.32. The van der Waals surface area contributed by atoms with Gasteiger partial charge in [-0.05, 0) is 42.3 Å². The van der Waals surface area contributed by atoms with E-state index in [1.54, 1.807) is 19.2 Å². The lowest BCUT2D eigenvalue weighted by Gasteiger charge is -2.22. The Hall–Kier alpha value is -3.39. The van der Waals surface area contributed by atoms with E-state index in [9.17, 15) is 18.0 Å². The molecule has 0 bridgehead atoms. The fraction of sp³-hybridized carbons (Fsp3) is 0.280. The van der Waals surface area contributed by atoms with Gasteiger partial charge >= 0.3 is 6.18 Å². The van der Waals surface area contributed by atoms with E-state index in [4.69, 9.17) is 4.74 Å². The zero-order chi connectivity index (χ0) is 23.8. The first-order valence-electron chi connectivity index (χ1n) is 10.5. The molecule has 0 aliphatic carbocycles. The van der Waals surface area contributed by atoms with Gasteiger partial charge in [-0.2, -0.15) is 13.2 Å². The highest BCUT2D eigenvalue weighted by Crippen LogP contribution is 2.33. The summed E-state index contributed by atoms with van der Waals surface area (Å²) in [6.45, 7) is 0.428. The number of methoxy groups -OCH3 is 1. The van der Waals surface area contributed by atoms with Gasteiger partial charge in [0.05, 0.1) is 18.4 Å². The second kappa shape index (κ2) is 11.0. The van der Waals surface area contributed by atoms with E-state index in [2.05, 4.69) is 15.6 Å². The van der Waals surface area contributed by atoms with Crippen molar-refractivity contribution >= 4 is 5.91 Å². The first-order valence-corrected chi connectivity index (χ1v) is 10.5. The minimum atomic E-state index is -4.40. The molecule has 0 aliphatic heterocycles. The van der Waals surface area contributed by atoms with Crippen LogP contribution in [-0.2, 0) is 11.0 Å². The Bertz CT molecular complexity index is 1040. The monoisotopic (exact) mass is 457 g/mol. The van der Waals surface area contributed by atoms with Crippen molar-refractivity contribution in [3.63, 3.8) is 0 Å². The quantitative estimate of drug-likeness (QED) is 0.489. The zero-order valence-electron chi connectivity index (χ0n) is 18.4. The van der Waals surface area contributed by atoms with Crippen molar-refractivity contribution in [2.45, 2.75) is 24.6 Å². The van der Waals surface area contributed by atoms with E-state index in [1.165, 1.54) is 19.2 Å². The lowest BCUT2D eigenvalue weighted by molar-refractivity contribution is -0.137. The molecule has 0 saturated heterocycles. The average Bonchev–Trinajstić information content (AvgIpc) is 2.84. The molecule has 3 rings (SSSR count). The maximum Gasteiger partial charge on any atom is 0.416 e. The number of nitrogens with one attached hydrogen (secondary N) is 2. The molecule has 1 heterocycles. The molecule has 2 N–H and O–H groups in total. The summed E-state index contributed by atoms with van der Waals surface area (Å²) >= 11 is 0. The standard InChI is InChI=1S/C25H26F3N3O2/c1-29-24(32)23(18-7-4-3-5-8-18)30-16-15-20(21-9-6-10-22(31-21)33-2)17-11-13-19(14-12-17)25(26,27)28/h3-14,20,23,30H,15-16H2,1-2H3,(H,29,32)/t20-,23?/m0/s1. The number of rotatable bonds is 9. The Kier molecular flexibility index (Phi) is 8.06. The lowest BCUT2D eigenvalue weighted by atomic mass is 9.91. The Morgan fingerprint density at radius 2 is 1.67 bits per heavy atom. The van der Waals surface area contributed by atoms with E-state index in [1.807, 2.05) is 36.4 Å². The van der Waals surface area contributed by atoms with Crippen LogP contribution in [-0.4, -0.2) is 31.6 Å². The van der Waals surface area contributed by atoms with Crippen LogP contribution in [0.5, 0.6) is 5.88 Å². The predicted molar refractivity (Wildman–Crippen MR) is 120 cm³/mol. The molecule has 1 unspecified atom stereocenters. The molecule has 1 amide bonds. The molecule has 0 radical (unpaired) electrons. The number of carbonyl (C=O) groups is 1. The molecule has 2 atom stereocenters. The van der Waals surface area contributed by atoms with Gasteiger partial charge in [-0.25, -0.2) is 4.98 Å². The summed E-state index contributed by atoms with van der Waals surface area (Å²) in [5.41, 5.74) is 1.49. The summed E-state index contributed by atoms with van der Waals surface area (Å²) in [6, 6.07) is 19.2. The van der Waals surface area contributed by atoms with Crippen molar-refractivity contribution in [3.05, 3.63) is 95.2 Å². The van der Waals surface area contributed by atoms with Gasteiger partial charge in [0.25, 0.3) is 0 Å². The number of amides is 1. The number of hydrogen-bond donors (Lipinski definition) is 2. The number of halogens is 3. The van der Waals surface area contributed by atoms with Crippen molar-refractivity contribution in [1.82, 2.24) is 15.6 Å². The first-order chi connectivity index (χ1) is 15.8. The third-order valence-electron chi connectivity index (χ3n) is 5.37. The predicted octanol–water partition coefficient (Wildman–Crippen LogP) is 4.71. The van der Waals surface area contributed by atoms with E-state index < -0.39 is 17.8 Å².